The molecule has 0 aliphatic heterocycles. The van der Waals surface area contributed by atoms with Crippen LogP contribution in [0.15, 0.2) is 0 Å². The summed E-state index contributed by atoms with van der Waals surface area (Å²) >= 11 is 0. The van der Waals surface area contributed by atoms with Crippen LogP contribution in [0.4, 0.5) is 0 Å². The second-order valence-electron chi connectivity index (χ2n) is 2.57. The standard InChI is InChI=1S/C8H20O4Si/c1-6-8(12-7-2)13(9-3,10-4)11-5/h8H,6-7H2,1-5H3. The minimum atomic E-state index is -2.59. The first-order valence-electron chi connectivity index (χ1n) is 4.47. The van der Waals surface area contributed by atoms with E-state index in [0.29, 0.717) is 6.61 Å². The Morgan fingerprint density at radius 1 is 1.00 bits per heavy atom. The first-order valence-corrected chi connectivity index (χ1v) is 6.27. The summed E-state index contributed by atoms with van der Waals surface area (Å²) in [6.07, 6.45) is 0.829. The van der Waals surface area contributed by atoms with E-state index >= 15 is 0 Å². The lowest BCUT2D eigenvalue weighted by molar-refractivity contribution is 0.0164. The van der Waals surface area contributed by atoms with Gasteiger partial charge >= 0.3 is 8.80 Å². The van der Waals surface area contributed by atoms with Crippen molar-refractivity contribution in [3.05, 3.63) is 0 Å². The van der Waals surface area contributed by atoms with Crippen molar-refractivity contribution in [2.24, 2.45) is 0 Å². The van der Waals surface area contributed by atoms with Crippen molar-refractivity contribution in [2.75, 3.05) is 27.9 Å². The van der Waals surface area contributed by atoms with Crippen molar-refractivity contribution < 1.29 is 18.0 Å². The van der Waals surface area contributed by atoms with Gasteiger partial charge < -0.3 is 18.0 Å². The summed E-state index contributed by atoms with van der Waals surface area (Å²) in [7, 11) is 2.20. The Morgan fingerprint density at radius 3 is 1.69 bits per heavy atom. The van der Waals surface area contributed by atoms with Crippen molar-refractivity contribution in [1.29, 1.82) is 0 Å². The molecule has 0 N–H and O–H groups in total. The molecule has 4 nitrogen and oxygen atoms in total. The third-order valence-corrected chi connectivity index (χ3v) is 5.06. The van der Waals surface area contributed by atoms with Gasteiger partial charge in [-0.2, -0.15) is 0 Å². The average Bonchev–Trinajstić information content (AvgIpc) is 2.19. The molecule has 0 aromatic carbocycles. The topological polar surface area (TPSA) is 36.9 Å². The molecule has 0 rings (SSSR count). The van der Waals surface area contributed by atoms with Gasteiger partial charge in [-0.3, -0.25) is 0 Å². The van der Waals surface area contributed by atoms with Gasteiger partial charge in [-0.1, -0.05) is 6.92 Å². The molecule has 0 saturated heterocycles. The average molecular weight is 208 g/mol. The Labute approximate surface area is 81.5 Å². The van der Waals surface area contributed by atoms with E-state index in [4.69, 9.17) is 18.0 Å². The lowest BCUT2D eigenvalue weighted by Crippen LogP contribution is -2.55. The van der Waals surface area contributed by atoms with Crippen molar-refractivity contribution in [3.63, 3.8) is 0 Å². The summed E-state index contributed by atoms with van der Waals surface area (Å²) in [4.78, 5) is 0. The van der Waals surface area contributed by atoms with Crippen molar-refractivity contribution in [2.45, 2.75) is 26.0 Å². The monoisotopic (exact) mass is 208 g/mol. The second kappa shape index (κ2) is 6.50. The van der Waals surface area contributed by atoms with Crippen molar-refractivity contribution in [3.8, 4) is 0 Å². The van der Waals surface area contributed by atoms with Gasteiger partial charge in [0.2, 0.25) is 0 Å². The zero-order valence-corrected chi connectivity index (χ0v) is 10.1. The van der Waals surface area contributed by atoms with E-state index in [1.54, 1.807) is 21.3 Å². The molecule has 0 saturated carbocycles. The zero-order chi connectivity index (χ0) is 10.3. The molecule has 0 aliphatic rings. The fraction of sp³-hybridized carbons (Fsp3) is 1.00. The number of hydrogen-bond acceptors (Lipinski definition) is 4. The van der Waals surface area contributed by atoms with Gasteiger partial charge in [-0.05, 0) is 13.3 Å². The maximum absolute atomic E-state index is 5.52. The van der Waals surface area contributed by atoms with Crippen LogP contribution >= 0.6 is 0 Å². The Balaban J connectivity index is 4.45. The highest BCUT2D eigenvalue weighted by molar-refractivity contribution is 6.62. The van der Waals surface area contributed by atoms with Crippen LogP contribution in [0.2, 0.25) is 0 Å². The lowest BCUT2D eigenvalue weighted by Gasteiger charge is -2.31. The van der Waals surface area contributed by atoms with E-state index in [-0.39, 0.29) is 5.73 Å². The summed E-state index contributed by atoms with van der Waals surface area (Å²) in [5.41, 5.74) is -0.0718. The third kappa shape index (κ3) is 3.03. The molecular weight excluding hydrogens is 188 g/mol. The lowest BCUT2D eigenvalue weighted by atomic mass is 10.5. The Morgan fingerprint density at radius 2 is 1.46 bits per heavy atom. The fourth-order valence-electron chi connectivity index (χ4n) is 1.32. The van der Waals surface area contributed by atoms with Crippen LogP contribution in [0.1, 0.15) is 20.3 Å². The molecule has 0 bridgehead atoms. The number of hydrogen-bond donors (Lipinski definition) is 0. The summed E-state index contributed by atoms with van der Waals surface area (Å²) in [5.74, 6) is 0. The normalized spacial score (nSPS) is 14.5. The highest BCUT2D eigenvalue weighted by atomic mass is 28.4. The van der Waals surface area contributed by atoms with E-state index in [1.807, 2.05) is 13.8 Å². The molecule has 1 atom stereocenters. The predicted octanol–water partition coefficient (Wildman–Crippen LogP) is 1.22. The third-order valence-electron chi connectivity index (χ3n) is 1.99. The van der Waals surface area contributed by atoms with E-state index in [9.17, 15) is 0 Å². The predicted molar refractivity (Wildman–Crippen MR) is 52.5 cm³/mol. The molecule has 13 heavy (non-hydrogen) atoms. The minimum Gasteiger partial charge on any atom is -0.375 e. The zero-order valence-electron chi connectivity index (χ0n) is 9.12. The van der Waals surface area contributed by atoms with Crippen LogP contribution in [0.5, 0.6) is 0 Å². The van der Waals surface area contributed by atoms with Crippen LogP contribution in [-0.4, -0.2) is 42.5 Å². The molecule has 0 heterocycles. The van der Waals surface area contributed by atoms with E-state index in [0.717, 1.165) is 6.42 Å². The first-order chi connectivity index (χ1) is 6.20. The Bertz CT molecular complexity index is 119. The van der Waals surface area contributed by atoms with Crippen LogP contribution in [-0.2, 0) is 18.0 Å². The van der Waals surface area contributed by atoms with Crippen LogP contribution in [0, 0.1) is 0 Å². The molecule has 0 aromatic rings. The van der Waals surface area contributed by atoms with Gasteiger partial charge in [0.1, 0.15) is 5.73 Å². The highest BCUT2D eigenvalue weighted by Gasteiger charge is 2.47. The molecule has 0 aromatic heterocycles. The van der Waals surface area contributed by atoms with E-state index in [1.165, 1.54) is 0 Å². The first kappa shape index (κ1) is 13.1. The summed E-state index contributed by atoms with van der Waals surface area (Å²) in [5, 5.41) is 0. The maximum atomic E-state index is 5.52. The van der Waals surface area contributed by atoms with Crippen LogP contribution < -0.4 is 0 Å². The smallest absolute Gasteiger partial charge is 0.375 e. The maximum Gasteiger partial charge on any atom is 0.530 e. The fourth-order valence-corrected chi connectivity index (χ4v) is 3.47. The largest absolute Gasteiger partial charge is 0.530 e. The molecule has 0 aliphatic carbocycles. The Hall–Kier alpha value is 0.0569. The quantitative estimate of drug-likeness (QED) is 0.589. The SMILES string of the molecule is CCOC(CC)[Si](OC)(OC)OC. The number of ether oxygens (including phenoxy) is 1. The molecule has 0 radical (unpaired) electrons. The second-order valence-corrected chi connectivity index (χ2v) is 5.64. The number of rotatable bonds is 7. The van der Waals surface area contributed by atoms with Crippen molar-refractivity contribution >= 4 is 8.80 Å². The summed E-state index contributed by atoms with van der Waals surface area (Å²) < 4.78 is 21.4. The van der Waals surface area contributed by atoms with Gasteiger partial charge in [-0.15, -0.1) is 0 Å². The molecule has 0 fully saturated rings. The van der Waals surface area contributed by atoms with Crippen LogP contribution in [0.3, 0.4) is 0 Å². The molecule has 5 heteroatoms. The summed E-state index contributed by atoms with van der Waals surface area (Å²) in [6.45, 7) is 4.62. The van der Waals surface area contributed by atoms with E-state index < -0.39 is 8.80 Å². The molecule has 0 spiro atoms. The van der Waals surface area contributed by atoms with Gasteiger partial charge in [0.25, 0.3) is 0 Å². The Kier molecular flexibility index (Phi) is 6.53. The van der Waals surface area contributed by atoms with E-state index in [2.05, 4.69) is 0 Å². The van der Waals surface area contributed by atoms with Crippen molar-refractivity contribution in [1.82, 2.24) is 0 Å². The van der Waals surface area contributed by atoms with Crippen LogP contribution in [0.25, 0.3) is 0 Å². The van der Waals surface area contributed by atoms with Gasteiger partial charge in [0, 0.05) is 27.9 Å². The minimum absolute atomic E-state index is 0.0718. The molecule has 0 amide bonds. The van der Waals surface area contributed by atoms with Gasteiger partial charge in [-0.25, -0.2) is 0 Å². The molecule has 80 valence electrons. The van der Waals surface area contributed by atoms with Gasteiger partial charge in [0.15, 0.2) is 0 Å². The molecule has 1 unspecified atom stereocenters. The highest BCUT2D eigenvalue weighted by Crippen LogP contribution is 2.17. The molecular formula is C8H20O4Si. The summed E-state index contributed by atoms with van der Waals surface area (Å²) in [6, 6.07) is 0. The van der Waals surface area contributed by atoms with Gasteiger partial charge in [0.05, 0.1) is 0 Å².